The van der Waals surface area contributed by atoms with Gasteiger partial charge in [-0.05, 0) is 48.9 Å². The fourth-order valence-corrected chi connectivity index (χ4v) is 3.08. The minimum absolute atomic E-state index is 0.455. The number of rotatable bonds is 5. The van der Waals surface area contributed by atoms with Gasteiger partial charge in [0.1, 0.15) is 0 Å². The lowest BCUT2D eigenvalue weighted by Crippen LogP contribution is -2.24. The molecule has 0 bridgehead atoms. The third kappa shape index (κ3) is 4.04. The molecule has 1 aliphatic rings. The molecule has 126 valence electrons. The molecule has 0 fully saturated rings. The highest BCUT2D eigenvalue weighted by atomic mass is 16.5. The van der Waals surface area contributed by atoms with Gasteiger partial charge in [0.15, 0.2) is 5.96 Å². The number of pyridine rings is 1. The van der Waals surface area contributed by atoms with E-state index in [1.165, 1.54) is 24.0 Å². The Balaban J connectivity index is 1.60. The molecule has 24 heavy (non-hydrogen) atoms. The van der Waals surface area contributed by atoms with Crippen molar-refractivity contribution in [2.24, 2.45) is 10.7 Å². The molecule has 0 atom stereocenters. The van der Waals surface area contributed by atoms with Crippen LogP contribution in [-0.2, 0) is 19.3 Å². The maximum Gasteiger partial charge on any atom is 0.213 e. The quantitative estimate of drug-likeness (QED) is 0.655. The standard InChI is InChI=1S/C19H24N4O/c1-24-18-11-5-8-15(22-18)12-13-21-19(20)23-17-10-4-7-14-6-2-3-9-16(14)17/h4-5,7-8,10-11H,2-3,6,9,12-13H2,1H3,(H3,20,21,23). The van der Waals surface area contributed by atoms with Crippen molar-refractivity contribution in [1.82, 2.24) is 4.98 Å². The van der Waals surface area contributed by atoms with Gasteiger partial charge in [-0.2, -0.15) is 0 Å². The maximum absolute atomic E-state index is 6.05. The van der Waals surface area contributed by atoms with Crippen molar-refractivity contribution < 1.29 is 4.74 Å². The summed E-state index contributed by atoms with van der Waals surface area (Å²) in [6.07, 6.45) is 5.51. The molecule has 0 saturated heterocycles. The number of aromatic nitrogens is 1. The first-order chi connectivity index (χ1) is 11.8. The van der Waals surface area contributed by atoms with E-state index in [0.29, 0.717) is 18.4 Å². The van der Waals surface area contributed by atoms with Gasteiger partial charge in [0.2, 0.25) is 5.88 Å². The largest absolute Gasteiger partial charge is 0.481 e. The van der Waals surface area contributed by atoms with E-state index in [-0.39, 0.29) is 0 Å². The molecule has 0 spiro atoms. The Morgan fingerprint density at radius 1 is 1.21 bits per heavy atom. The molecule has 3 N–H and O–H groups in total. The van der Waals surface area contributed by atoms with Crippen LogP contribution >= 0.6 is 0 Å². The Morgan fingerprint density at radius 3 is 2.92 bits per heavy atom. The molecule has 1 heterocycles. The number of hydrogen-bond acceptors (Lipinski definition) is 3. The van der Waals surface area contributed by atoms with Crippen LogP contribution in [0.5, 0.6) is 5.88 Å². The van der Waals surface area contributed by atoms with Gasteiger partial charge >= 0.3 is 0 Å². The molecule has 0 amide bonds. The summed E-state index contributed by atoms with van der Waals surface area (Å²) >= 11 is 0. The summed E-state index contributed by atoms with van der Waals surface area (Å²) in [5.41, 5.74) is 10.9. The van der Waals surface area contributed by atoms with Crippen molar-refractivity contribution in [3.63, 3.8) is 0 Å². The first kappa shape index (κ1) is 16.3. The molecule has 1 aromatic heterocycles. The lowest BCUT2D eigenvalue weighted by atomic mass is 9.90. The average Bonchev–Trinajstić information content (AvgIpc) is 2.62. The molecule has 5 nitrogen and oxygen atoms in total. The first-order valence-electron chi connectivity index (χ1n) is 8.44. The van der Waals surface area contributed by atoms with Gasteiger partial charge in [-0.15, -0.1) is 0 Å². The second-order valence-electron chi connectivity index (χ2n) is 5.96. The third-order valence-corrected chi connectivity index (χ3v) is 4.30. The predicted octanol–water partition coefficient (Wildman–Crippen LogP) is 2.94. The Labute approximate surface area is 143 Å². The van der Waals surface area contributed by atoms with Crippen LogP contribution in [0.25, 0.3) is 0 Å². The van der Waals surface area contributed by atoms with Crippen LogP contribution in [0.2, 0.25) is 0 Å². The summed E-state index contributed by atoms with van der Waals surface area (Å²) in [6.45, 7) is 0.591. The number of hydrogen-bond donors (Lipinski definition) is 2. The number of ether oxygens (including phenoxy) is 1. The van der Waals surface area contributed by atoms with Crippen molar-refractivity contribution in [3.05, 3.63) is 53.2 Å². The minimum atomic E-state index is 0.455. The lowest BCUT2D eigenvalue weighted by molar-refractivity contribution is 0.396. The van der Waals surface area contributed by atoms with Gasteiger partial charge in [0.25, 0.3) is 0 Å². The van der Waals surface area contributed by atoms with Crippen molar-refractivity contribution in [2.45, 2.75) is 32.1 Å². The van der Waals surface area contributed by atoms with E-state index in [0.717, 1.165) is 30.6 Å². The number of aryl methyl sites for hydroxylation is 1. The summed E-state index contributed by atoms with van der Waals surface area (Å²) in [5.74, 6) is 1.08. The molecule has 0 unspecified atom stereocenters. The Bertz CT molecular complexity index is 727. The molecule has 0 radical (unpaired) electrons. The van der Waals surface area contributed by atoms with Gasteiger partial charge in [-0.3, -0.25) is 4.99 Å². The highest BCUT2D eigenvalue weighted by Crippen LogP contribution is 2.27. The van der Waals surface area contributed by atoms with E-state index in [9.17, 15) is 0 Å². The van der Waals surface area contributed by atoms with Crippen molar-refractivity contribution >= 4 is 11.6 Å². The van der Waals surface area contributed by atoms with Crippen molar-refractivity contribution in [3.8, 4) is 5.88 Å². The normalized spacial score (nSPS) is 14.1. The SMILES string of the molecule is COc1cccc(CCN=C(N)Nc2cccc3c2CCCC3)n1. The van der Waals surface area contributed by atoms with Crippen LogP contribution in [0.1, 0.15) is 29.7 Å². The molecular formula is C19H24N4O. The Kier molecular flexibility index (Phi) is 5.31. The van der Waals surface area contributed by atoms with Crippen LogP contribution in [0, 0.1) is 0 Å². The van der Waals surface area contributed by atoms with E-state index in [4.69, 9.17) is 10.5 Å². The van der Waals surface area contributed by atoms with Crippen LogP contribution in [0.3, 0.4) is 0 Å². The van der Waals surface area contributed by atoms with Gasteiger partial charge in [0, 0.05) is 30.4 Å². The number of benzene rings is 1. The monoisotopic (exact) mass is 324 g/mol. The molecule has 0 aliphatic heterocycles. The van der Waals surface area contributed by atoms with E-state index in [1.807, 2.05) is 18.2 Å². The number of methoxy groups -OCH3 is 1. The summed E-state index contributed by atoms with van der Waals surface area (Å²) in [6, 6.07) is 12.1. The summed E-state index contributed by atoms with van der Waals surface area (Å²) in [5, 5.41) is 3.26. The average molecular weight is 324 g/mol. The third-order valence-electron chi connectivity index (χ3n) is 4.30. The molecule has 0 saturated carbocycles. The fraction of sp³-hybridized carbons (Fsp3) is 0.368. The molecule has 5 heteroatoms. The second-order valence-corrected chi connectivity index (χ2v) is 5.96. The number of nitrogens with zero attached hydrogens (tertiary/aromatic N) is 2. The van der Waals surface area contributed by atoms with Crippen molar-refractivity contribution in [1.29, 1.82) is 0 Å². The smallest absolute Gasteiger partial charge is 0.213 e. The summed E-state index contributed by atoms with van der Waals surface area (Å²) in [7, 11) is 1.62. The van der Waals surface area contributed by atoms with Gasteiger partial charge < -0.3 is 15.8 Å². The lowest BCUT2D eigenvalue weighted by Gasteiger charge is -2.19. The van der Waals surface area contributed by atoms with Crippen LogP contribution in [-0.4, -0.2) is 24.6 Å². The van der Waals surface area contributed by atoms with Crippen LogP contribution in [0.15, 0.2) is 41.4 Å². The predicted molar refractivity (Wildman–Crippen MR) is 97.7 cm³/mol. The highest BCUT2D eigenvalue weighted by Gasteiger charge is 2.13. The first-order valence-corrected chi connectivity index (χ1v) is 8.44. The highest BCUT2D eigenvalue weighted by molar-refractivity contribution is 5.93. The zero-order valence-electron chi connectivity index (χ0n) is 14.1. The van der Waals surface area contributed by atoms with Crippen molar-refractivity contribution in [2.75, 3.05) is 19.0 Å². The van der Waals surface area contributed by atoms with E-state index in [1.54, 1.807) is 7.11 Å². The van der Waals surface area contributed by atoms with E-state index < -0.39 is 0 Å². The molecule has 3 rings (SSSR count). The van der Waals surface area contributed by atoms with Gasteiger partial charge in [0.05, 0.1) is 7.11 Å². The minimum Gasteiger partial charge on any atom is -0.481 e. The molecule has 2 aromatic rings. The van der Waals surface area contributed by atoms with Crippen LogP contribution in [0.4, 0.5) is 5.69 Å². The number of guanidine groups is 1. The number of aliphatic imine (C=N–C) groups is 1. The van der Waals surface area contributed by atoms with Crippen LogP contribution < -0.4 is 15.8 Å². The topological polar surface area (TPSA) is 72.5 Å². The van der Waals surface area contributed by atoms with E-state index >= 15 is 0 Å². The number of anilines is 1. The zero-order valence-corrected chi connectivity index (χ0v) is 14.1. The molecular weight excluding hydrogens is 300 g/mol. The van der Waals surface area contributed by atoms with Gasteiger partial charge in [-0.1, -0.05) is 18.2 Å². The zero-order chi connectivity index (χ0) is 16.8. The molecule has 1 aromatic carbocycles. The number of fused-ring (bicyclic) bond motifs is 1. The van der Waals surface area contributed by atoms with Gasteiger partial charge in [-0.25, -0.2) is 4.98 Å². The summed E-state index contributed by atoms with van der Waals surface area (Å²) in [4.78, 5) is 8.80. The Morgan fingerprint density at radius 2 is 2.04 bits per heavy atom. The molecule has 1 aliphatic carbocycles. The second kappa shape index (κ2) is 7.81. The number of nitrogens with one attached hydrogen (secondary N) is 1. The number of nitrogens with two attached hydrogens (primary N) is 1. The Hall–Kier alpha value is -2.56. The summed E-state index contributed by atoms with van der Waals surface area (Å²) < 4.78 is 5.13. The fourth-order valence-electron chi connectivity index (χ4n) is 3.08. The van der Waals surface area contributed by atoms with E-state index in [2.05, 4.69) is 33.5 Å². The maximum atomic E-state index is 6.05.